The van der Waals surface area contributed by atoms with Gasteiger partial charge in [0.1, 0.15) is 10.4 Å². The molecule has 0 saturated heterocycles. The van der Waals surface area contributed by atoms with Crippen molar-refractivity contribution in [3.8, 4) is 0 Å². The van der Waals surface area contributed by atoms with Crippen molar-refractivity contribution in [3.63, 3.8) is 0 Å². The van der Waals surface area contributed by atoms with Gasteiger partial charge < -0.3 is 10.1 Å². The molecule has 0 radical (unpaired) electrons. The van der Waals surface area contributed by atoms with Gasteiger partial charge in [-0.05, 0) is 36.8 Å². The maximum absolute atomic E-state index is 11.7. The summed E-state index contributed by atoms with van der Waals surface area (Å²) in [6, 6.07) is 7.48. The van der Waals surface area contributed by atoms with Gasteiger partial charge in [-0.15, -0.1) is 11.3 Å². The van der Waals surface area contributed by atoms with E-state index in [9.17, 15) is 9.59 Å². The van der Waals surface area contributed by atoms with Crippen molar-refractivity contribution in [2.75, 3.05) is 12.4 Å². The number of hydrogen-bond donors (Lipinski definition) is 2. The average Bonchev–Trinajstić information content (AvgIpc) is 3.25. The number of H-pyrrole nitrogens is 1. The third-order valence-electron chi connectivity index (χ3n) is 4.25. The van der Waals surface area contributed by atoms with E-state index in [1.54, 1.807) is 13.0 Å². The molecule has 1 aromatic carbocycles. The van der Waals surface area contributed by atoms with Gasteiger partial charge in [-0.1, -0.05) is 0 Å². The largest absolute Gasteiger partial charge is 0.465 e. The fourth-order valence-electron chi connectivity index (χ4n) is 3.02. The Balaban J connectivity index is 1.68. The Morgan fingerprint density at radius 1 is 1.33 bits per heavy atom. The van der Waals surface area contributed by atoms with E-state index in [0.717, 1.165) is 39.1 Å². The SMILES string of the molecule is COC(=O)c1cc2n[nH]c(C3Cc4cc(C(C)=O)ccc4N3)c2s1. The number of aromatic nitrogens is 2. The van der Waals surface area contributed by atoms with Crippen LogP contribution in [0.5, 0.6) is 0 Å². The van der Waals surface area contributed by atoms with E-state index in [0.29, 0.717) is 4.88 Å². The fourth-order valence-corrected chi connectivity index (χ4v) is 4.09. The molecule has 3 heterocycles. The molecule has 122 valence electrons. The number of fused-ring (bicyclic) bond motifs is 2. The van der Waals surface area contributed by atoms with E-state index >= 15 is 0 Å². The summed E-state index contributed by atoms with van der Waals surface area (Å²) in [5.41, 5.74) is 4.57. The van der Waals surface area contributed by atoms with E-state index in [4.69, 9.17) is 4.74 Å². The number of carbonyl (C=O) groups excluding carboxylic acids is 2. The Morgan fingerprint density at radius 2 is 2.17 bits per heavy atom. The number of hydrogen-bond acceptors (Lipinski definition) is 6. The molecule has 0 amide bonds. The summed E-state index contributed by atoms with van der Waals surface area (Å²) in [4.78, 5) is 23.8. The molecular weight excluding hydrogens is 326 g/mol. The molecule has 0 aliphatic carbocycles. The molecule has 0 saturated carbocycles. The molecule has 6 nitrogen and oxygen atoms in total. The van der Waals surface area contributed by atoms with Crippen molar-refractivity contribution < 1.29 is 14.3 Å². The van der Waals surface area contributed by atoms with Gasteiger partial charge in [0, 0.05) is 17.7 Å². The fraction of sp³-hybridized carbons (Fsp3) is 0.235. The first kappa shape index (κ1) is 14.9. The summed E-state index contributed by atoms with van der Waals surface area (Å²) in [6.07, 6.45) is 0.763. The summed E-state index contributed by atoms with van der Waals surface area (Å²) in [7, 11) is 1.37. The zero-order valence-electron chi connectivity index (χ0n) is 13.2. The number of esters is 1. The smallest absolute Gasteiger partial charge is 0.348 e. The van der Waals surface area contributed by atoms with Crippen molar-refractivity contribution in [2.24, 2.45) is 0 Å². The number of rotatable bonds is 3. The molecule has 7 heteroatoms. The highest BCUT2D eigenvalue weighted by Crippen LogP contribution is 2.38. The molecule has 1 aliphatic heterocycles. The lowest BCUT2D eigenvalue weighted by Crippen LogP contribution is -2.06. The molecule has 1 aliphatic rings. The van der Waals surface area contributed by atoms with Crippen LogP contribution in [0.1, 0.15) is 44.3 Å². The van der Waals surface area contributed by atoms with Crippen LogP contribution >= 0.6 is 11.3 Å². The van der Waals surface area contributed by atoms with Crippen molar-refractivity contribution in [2.45, 2.75) is 19.4 Å². The molecule has 1 unspecified atom stereocenters. The van der Waals surface area contributed by atoms with Gasteiger partial charge in [-0.3, -0.25) is 9.89 Å². The molecule has 0 spiro atoms. The number of nitrogens with zero attached hydrogens (tertiary/aromatic N) is 1. The van der Waals surface area contributed by atoms with Crippen LogP contribution in [-0.2, 0) is 11.2 Å². The Bertz CT molecular complexity index is 973. The zero-order chi connectivity index (χ0) is 16.8. The van der Waals surface area contributed by atoms with Gasteiger partial charge in [0.05, 0.1) is 23.5 Å². The maximum Gasteiger partial charge on any atom is 0.348 e. The standard InChI is InChI=1S/C17H15N3O3S/c1-8(21)9-3-4-11-10(5-9)6-12(18-11)15-16-13(19-20-15)7-14(24-16)17(22)23-2/h3-5,7,12,18H,6H2,1-2H3,(H,19,20). The van der Waals surface area contributed by atoms with E-state index in [1.807, 2.05) is 18.2 Å². The van der Waals surface area contributed by atoms with Gasteiger partial charge in [-0.2, -0.15) is 5.10 Å². The van der Waals surface area contributed by atoms with Crippen LogP contribution in [0.3, 0.4) is 0 Å². The second-order valence-electron chi connectivity index (χ2n) is 5.78. The van der Waals surface area contributed by atoms with Gasteiger partial charge in [0.15, 0.2) is 5.78 Å². The number of methoxy groups -OCH3 is 1. The van der Waals surface area contributed by atoms with Gasteiger partial charge >= 0.3 is 5.97 Å². The normalized spacial score (nSPS) is 16.0. The van der Waals surface area contributed by atoms with Crippen LogP contribution in [0.4, 0.5) is 5.69 Å². The first-order chi connectivity index (χ1) is 11.6. The first-order valence-electron chi connectivity index (χ1n) is 7.53. The molecule has 1 atom stereocenters. The summed E-state index contributed by atoms with van der Waals surface area (Å²) < 4.78 is 5.72. The van der Waals surface area contributed by atoms with Crippen LogP contribution in [0.15, 0.2) is 24.3 Å². The lowest BCUT2D eigenvalue weighted by atomic mass is 10.0. The van der Waals surface area contributed by atoms with E-state index in [-0.39, 0.29) is 17.8 Å². The van der Waals surface area contributed by atoms with E-state index in [1.165, 1.54) is 18.4 Å². The Hall–Kier alpha value is -2.67. The number of benzene rings is 1. The van der Waals surface area contributed by atoms with Crippen molar-refractivity contribution in [1.29, 1.82) is 0 Å². The van der Waals surface area contributed by atoms with E-state index in [2.05, 4.69) is 15.5 Å². The van der Waals surface area contributed by atoms with Gasteiger partial charge in [0.25, 0.3) is 0 Å². The molecular formula is C17H15N3O3S. The monoisotopic (exact) mass is 341 g/mol. The second kappa shape index (κ2) is 5.45. The number of anilines is 1. The van der Waals surface area contributed by atoms with Crippen molar-refractivity contribution in [1.82, 2.24) is 10.2 Å². The number of nitrogens with one attached hydrogen (secondary N) is 2. The minimum absolute atomic E-state index is 0.0383. The van der Waals surface area contributed by atoms with Crippen LogP contribution in [-0.4, -0.2) is 29.1 Å². The predicted molar refractivity (Wildman–Crippen MR) is 91.8 cm³/mol. The lowest BCUT2D eigenvalue weighted by molar-refractivity contribution is 0.0606. The highest BCUT2D eigenvalue weighted by molar-refractivity contribution is 7.20. The third-order valence-corrected chi connectivity index (χ3v) is 5.39. The molecule has 24 heavy (non-hydrogen) atoms. The summed E-state index contributed by atoms with van der Waals surface area (Å²) in [5.74, 6) is -0.288. The number of thiophene rings is 1. The number of ether oxygens (including phenoxy) is 1. The summed E-state index contributed by atoms with van der Waals surface area (Å²) in [5, 5.41) is 10.8. The van der Waals surface area contributed by atoms with Crippen molar-refractivity contribution in [3.05, 3.63) is 46.0 Å². The molecule has 2 aromatic heterocycles. The van der Waals surface area contributed by atoms with E-state index < -0.39 is 0 Å². The molecule has 3 aromatic rings. The number of carbonyl (C=O) groups is 2. The molecule has 0 fully saturated rings. The topological polar surface area (TPSA) is 84.1 Å². The third kappa shape index (κ3) is 2.28. The Kier molecular flexibility index (Phi) is 3.38. The lowest BCUT2D eigenvalue weighted by Gasteiger charge is -2.08. The second-order valence-corrected chi connectivity index (χ2v) is 6.84. The highest BCUT2D eigenvalue weighted by atomic mass is 32.1. The van der Waals surface area contributed by atoms with Crippen LogP contribution < -0.4 is 5.32 Å². The minimum atomic E-state index is -0.349. The van der Waals surface area contributed by atoms with Gasteiger partial charge in [-0.25, -0.2) is 4.79 Å². The summed E-state index contributed by atoms with van der Waals surface area (Å²) in [6.45, 7) is 1.57. The molecule has 0 bridgehead atoms. The quantitative estimate of drug-likeness (QED) is 0.564. The number of ketones is 1. The highest BCUT2D eigenvalue weighted by Gasteiger charge is 2.27. The Labute approximate surface area is 141 Å². The number of aromatic amines is 1. The zero-order valence-corrected chi connectivity index (χ0v) is 14.0. The average molecular weight is 341 g/mol. The van der Waals surface area contributed by atoms with Crippen LogP contribution in [0.25, 0.3) is 10.2 Å². The number of Topliss-reactive ketones (excluding diaryl/α,β-unsaturated/α-hetero) is 1. The van der Waals surface area contributed by atoms with Crippen molar-refractivity contribution >= 4 is 39.0 Å². The maximum atomic E-state index is 11.7. The van der Waals surface area contributed by atoms with Crippen LogP contribution in [0, 0.1) is 0 Å². The molecule has 2 N–H and O–H groups in total. The predicted octanol–water partition coefficient (Wildman–Crippen LogP) is 3.32. The van der Waals surface area contributed by atoms with Crippen LogP contribution in [0.2, 0.25) is 0 Å². The molecule has 4 rings (SSSR count). The minimum Gasteiger partial charge on any atom is -0.465 e. The summed E-state index contributed by atoms with van der Waals surface area (Å²) >= 11 is 1.37. The first-order valence-corrected chi connectivity index (χ1v) is 8.35. The Morgan fingerprint density at radius 3 is 2.92 bits per heavy atom. The van der Waals surface area contributed by atoms with Gasteiger partial charge in [0.2, 0.25) is 0 Å².